The van der Waals surface area contributed by atoms with Crippen LogP contribution in [0, 0.1) is 5.92 Å². The van der Waals surface area contributed by atoms with E-state index in [1.165, 1.54) is 0 Å². The van der Waals surface area contributed by atoms with E-state index < -0.39 is 20.6 Å². The van der Waals surface area contributed by atoms with Crippen molar-refractivity contribution < 1.29 is 28.4 Å². The zero-order valence-electron chi connectivity index (χ0n) is 8.29. The molecule has 0 aromatic carbocycles. The van der Waals surface area contributed by atoms with Crippen molar-refractivity contribution in [2.45, 2.75) is 32.1 Å². The van der Waals surface area contributed by atoms with E-state index in [4.69, 9.17) is 9.79 Å². The van der Waals surface area contributed by atoms with Crippen LogP contribution in [0.4, 0.5) is 0 Å². The Morgan fingerprint density at radius 1 is 1.27 bits per heavy atom. The SMILES string of the molecule is O=C(OCOP(=O)(O)O)C1CCCCC1. The third-order valence-corrected chi connectivity index (χ3v) is 2.80. The number of carbonyl (C=O) groups is 1. The van der Waals surface area contributed by atoms with E-state index in [-0.39, 0.29) is 5.92 Å². The van der Waals surface area contributed by atoms with E-state index in [2.05, 4.69) is 9.26 Å². The number of carbonyl (C=O) groups excluding carboxylic acids is 1. The molecule has 2 N–H and O–H groups in total. The van der Waals surface area contributed by atoms with E-state index in [0.717, 1.165) is 32.1 Å². The fraction of sp³-hybridized carbons (Fsp3) is 0.875. The van der Waals surface area contributed by atoms with Crippen molar-refractivity contribution >= 4 is 13.8 Å². The quantitative estimate of drug-likeness (QED) is 0.434. The smallest absolute Gasteiger partial charge is 0.438 e. The number of ether oxygens (including phenoxy) is 1. The Bertz CT molecular complexity index is 254. The molecule has 0 aliphatic heterocycles. The molecule has 7 heteroatoms. The molecule has 0 spiro atoms. The van der Waals surface area contributed by atoms with Gasteiger partial charge in [0.05, 0.1) is 5.92 Å². The summed E-state index contributed by atoms with van der Waals surface area (Å²) in [5.41, 5.74) is 0. The summed E-state index contributed by atoms with van der Waals surface area (Å²) in [6.07, 6.45) is 4.70. The fourth-order valence-electron chi connectivity index (χ4n) is 1.61. The molecule has 0 bridgehead atoms. The normalized spacial score (nSPS) is 18.8. The van der Waals surface area contributed by atoms with Crippen molar-refractivity contribution in [3.8, 4) is 0 Å². The lowest BCUT2D eigenvalue weighted by molar-refractivity contribution is -0.156. The van der Waals surface area contributed by atoms with Gasteiger partial charge < -0.3 is 14.5 Å². The molecule has 0 amide bonds. The van der Waals surface area contributed by atoms with Crippen LogP contribution in [0.2, 0.25) is 0 Å². The van der Waals surface area contributed by atoms with Crippen molar-refractivity contribution in [1.29, 1.82) is 0 Å². The monoisotopic (exact) mass is 238 g/mol. The van der Waals surface area contributed by atoms with Crippen LogP contribution >= 0.6 is 7.82 Å². The van der Waals surface area contributed by atoms with Gasteiger partial charge in [0.15, 0.2) is 0 Å². The molecule has 0 heterocycles. The van der Waals surface area contributed by atoms with Crippen molar-refractivity contribution in [2.24, 2.45) is 5.92 Å². The Hall–Kier alpha value is -0.420. The first-order valence-electron chi connectivity index (χ1n) is 4.86. The second-order valence-electron chi connectivity index (χ2n) is 3.54. The first-order chi connectivity index (χ1) is 6.99. The van der Waals surface area contributed by atoms with Crippen molar-refractivity contribution in [1.82, 2.24) is 0 Å². The lowest BCUT2D eigenvalue weighted by Crippen LogP contribution is -2.21. The molecule has 0 radical (unpaired) electrons. The number of esters is 1. The number of hydrogen-bond donors (Lipinski definition) is 2. The van der Waals surface area contributed by atoms with Crippen LogP contribution in [-0.2, 0) is 18.6 Å². The van der Waals surface area contributed by atoms with Gasteiger partial charge in [-0.2, -0.15) is 0 Å². The van der Waals surface area contributed by atoms with Crippen molar-refractivity contribution in [3.05, 3.63) is 0 Å². The zero-order chi connectivity index (χ0) is 11.3. The Morgan fingerprint density at radius 3 is 2.40 bits per heavy atom. The van der Waals surface area contributed by atoms with Gasteiger partial charge in [-0.1, -0.05) is 19.3 Å². The molecule has 0 atom stereocenters. The molecule has 0 aromatic rings. The maximum atomic E-state index is 11.3. The first kappa shape index (κ1) is 12.6. The number of phosphoric ester groups is 1. The van der Waals surface area contributed by atoms with Gasteiger partial charge in [-0.05, 0) is 12.8 Å². The van der Waals surface area contributed by atoms with Gasteiger partial charge >= 0.3 is 13.8 Å². The fourth-order valence-corrected chi connectivity index (χ4v) is 1.80. The van der Waals surface area contributed by atoms with Crippen LogP contribution in [0.1, 0.15) is 32.1 Å². The average Bonchev–Trinajstić information content (AvgIpc) is 2.17. The van der Waals surface area contributed by atoms with Gasteiger partial charge in [-0.25, -0.2) is 9.09 Å². The molecule has 88 valence electrons. The molecule has 0 unspecified atom stereocenters. The van der Waals surface area contributed by atoms with Gasteiger partial charge in [0.25, 0.3) is 0 Å². The standard InChI is InChI=1S/C8H15O6P/c9-8(7-4-2-1-3-5-7)13-6-14-15(10,11)12/h7H,1-6H2,(H2,10,11,12). The highest BCUT2D eigenvalue weighted by Gasteiger charge is 2.23. The Kier molecular flexibility index (Phi) is 4.73. The number of rotatable bonds is 4. The summed E-state index contributed by atoms with van der Waals surface area (Å²) in [5, 5.41) is 0. The molecule has 0 saturated heterocycles. The minimum absolute atomic E-state index is 0.140. The van der Waals surface area contributed by atoms with Crippen LogP contribution in [-0.4, -0.2) is 22.5 Å². The summed E-state index contributed by atoms with van der Waals surface area (Å²) in [5.74, 6) is -0.567. The maximum Gasteiger partial charge on any atom is 0.472 e. The molecule has 6 nitrogen and oxygen atoms in total. The average molecular weight is 238 g/mol. The van der Waals surface area contributed by atoms with Crippen molar-refractivity contribution in [3.63, 3.8) is 0 Å². The third-order valence-electron chi connectivity index (χ3n) is 2.36. The molecule has 15 heavy (non-hydrogen) atoms. The minimum atomic E-state index is -4.54. The van der Waals surface area contributed by atoms with E-state index >= 15 is 0 Å². The van der Waals surface area contributed by atoms with E-state index in [1.54, 1.807) is 0 Å². The molecule has 1 aliphatic carbocycles. The molecule has 1 aliphatic rings. The predicted octanol–water partition coefficient (Wildman–Crippen LogP) is 1.18. The predicted molar refractivity (Wildman–Crippen MR) is 50.7 cm³/mol. The molecule has 1 rings (SSSR count). The van der Waals surface area contributed by atoms with Gasteiger partial charge in [0.1, 0.15) is 0 Å². The topological polar surface area (TPSA) is 93.1 Å². The Balaban J connectivity index is 2.20. The van der Waals surface area contributed by atoms with Gasteiger partial charge in [-0.3, -0.25) is 4.79 Å². The summed E-state index contributed by atoms with van der Waals surface area (Å²) in [6, 6.07) is 0. The summed E-state index contributed by atoms with van der Waals surface area (Å²) in [6.45, 7) is -0.681. The van der Waals surface area contributed by atoms with Crippen LogP contribution in [0.5, 0.6) is 0 Å². The molecule has 1 fully saturated rings. The summed E-state index contributed by atoms with van der Waals surface area (Å²) in [7, 11) is -4.54. The first-order valence-corrected chi connectivity index (χ1v) is 6.39. The second kappa shape index (κ2) is 5.61. The lowest BCUT2D eigenvalue weighted by Gasteiger charge is -2.19. The van der Waals surface area contributed by atoms with Gasteiger partial charge in [0, 0.05) is 0 Å². The van der Waals surface area contributed by atoms with Gasteiger partial charge in [0.2, 0.25) is 6.79 Å². The molecule has 1 saturated carbocycles. The second-order valence-corrected chi connectivity index (χ2v) is 4.78. The highest BCUT2D eigenvalue weighted by Crippen LogP contribution is 2.35. The highest BCUT2D eigenvalue weighted by atomic mass is 31.2. The molecular formula is C8H15O6P. The third kappa shape index (κ3) is 5.28. The highest BCUT2D eigenvalue weighted by molar-refractivity contribution is 7.46. The van der Waals surface area contributed by atoms with E-state index in [0.29, 0.717) is 0 Å². The number of phosphoric acid groups is 1. The van der Waals surface area contributed by atoms with E-state index in [9.17, 15) is 9.36 Å². The summed E-state index contributed by atoms with van der Waals surface area (Å²) < 4.78 is 18.9. The summed E-state index contributed by atoms with van der Waals surface area (Å²) in [4.78, 5) is 28.0. The lowest BCUT2D eigenvalue weighted by atomic mass is 9.89. The maximum absolute atomic E-state index is 11.3. The Labute approximate surface area is 87.8 Å². The minimum Gasteiger partial charge on any atom is -0.438 e. The zero-order valence-corrected chi connectivity index (χ0v) is 9.19. The van der Waals surface area contributed by atoms with Crippen LogP contribution in [0.15, 0.2) is 0 Å². The Morgan fingerprint density at radius 2 is 1.87 bits per heavy atom. The largest absolute Gasteiger partial charge is 0.472 e. The summed E-state index contributed by atoms with van der Waals surface area (Å²) >= 11 is 0. The molecule has 0 aromatic heterocycles. The number of hydrogen-bond acceptors (Lipinski definition) is 4. The van der Waals surface area contributed by atoms with Crippen LogP contribution in [0.3, 0.4) is 0 Å². The van der Waals surface area contributed by atoms with Crippen molar-refractivity contribution in [2.75, 3.05) is 6.79 Å². The van der Waals surface area contributed by atoms with Crippen LogP contribution in [0.25, 0.3) is 0 Å². The van der Waals surface area contributed by atoms with E-state index in [1.807, 2.05) is 0 Å². The van der Waals surface area contributed by atoms with Gasteiger partial charge in [-0.15, -0.1) is 0 Å². The van der Waals surface area contributed by atoms with Crippen LogP contribution < -0.4 is 0 Å². The molecular weight excluding hydrogens is 223 g/mol.